The standard InChI is InChI=1S/C13H24O3S/c1-6-7-8-9-12(14)10-11(2)17(15,16)13(3,4)5/h2,6-10H2,1,3-5H3. The van der Waals surface area contributed by atoms with Crippen LogP contribution in [0.3, 0.4) is 0 Å². The number of Topliss-reactive ketones (excluding diaryl/α,β-unsaturated/α-hetero) is 1. The first-order valence-electron chi connectivity index (χ1n) is 6.07. The van der Waals surface area contributed by atoms with Gasteiger partial charge in [0.25, 0.3) is 0 Å². The van der Waals surface area contributed by atoms with Gasteiger partial charge in [0.05, 0.1) is 4.75 Å². The van der Waals surface area contributed by atoms with Gasteiger partial charge in [-0.1, -0.05) is 26.3 Å². The molecule has 3 nitrogen and oxygen atoms in total. The molecule has 17 heavy (non-hydrogen) atoms. The quantitative estimate of drug-likeness (QED) is 0.660. The topological polar surface area (TPSA) is 51.2 Å². The van der Waals surface area contributed by atoms with Crippen molar-refractivity contribution < 1.29 is 13.2 Å². The van der Waals surface area contributed by atoms with E-state index in [-0.39, 0.29) is 17.1 Å². The van der Waals surface area contributed by atoms with Crippen molar-refractivity contribution in [3.63, 3.8) is 0 Å². The highest BCUT2D eigenvalue weighted by molar-refractivity contribution is 7.96. The molecule has 0 aliphatic heterocycles. The molecule has 0 atom stereocenters. The van der Waals surface area contributed by atoms with Gasteiger partial charge in [-0.2, -0.15) is 0 Å². The summed E-state index contributed by atoms with van der Waals surface area (Å²) in [5, 5.41) is 0. The molecular formula is C13H24O3S. The van der Waals surface area contributed by atoms with Crippen LogP contribution in [0.4, 0.5) is 0 Å². The summed E-state index contributed by atoms with van der Waals surface area (Å²) in [6.45, 7) is 10.5. The predicted molar refractivity (Wildman–Crippen MR) is 71.6 cm³/mol. The number of sulfone groups is 1. The van der Waals surface area contributed by atoms with Gasteiger partial charge in [-0.05, 0) is 27.2 Å². The monoisotopic (exact) mass is 260 g/mol. The molecule has 0 bridgehead atoms. The molecule has 0 rings (SSSR count). The summed E-state index contributed by atoms with van der Waals surface area (Å²) in [6.07, 6.45) is 3.30. The van der Waals surface area contributed by atoms with E-state index in [1.165, 1.54) is 0 Å². The second kappa shape index (κ2) is 6.34. The van der Waals surface area contributed by atoms with Crippen LogP contribution in [0.15, 0.2) is 11.5 Å². The maximum Gasteiger partial charge on any atom is 0.179 e. The molecule has 0 aromatic rings. The molecule has 0 aromatic heterocycles. The van der Waals surface area contributed by atoms with Gasteiger partial charge in [-0.25, -0.2) is 8.42 Å². The molecule has 0 saturated carbocycles. The third-order valence-corrected chi connectivity index (χ3v) is 5.16. The van der Waals surface area contributed by atoms with Gasteiger partial charge < -0.3 is 0 Å². The highest BCUT2D eigenvalue weighted by Crippen LogP contribution is 2.25. The summed E-state index contributed by atoms with van der Waals surface area (Å²) in [7, 11) is -3.42. The Bertz CT molecular complexity index is 372. The van der Waals surface area contributed by atoms with Gasteiger partial charge in [0.2, 0.25) is 0 Å². The number of carbonyl (C=O) groups is 1. The fraction of sp³-hybridized carbons (Fsp3) is 0.769. The van der Waals surface area contributed by atoms with Gasteiger partial charge in [-0.15, -0.1) is 0 Å². The molecular weight excluding hydrogens is 236 g/mol. The Morgan fingerprint density at radius 2 is 1.71 bits per heavy atom. The second-order valence-electron chi connectivity index (χ2n) is 5.33. The Kier molecular flexibility index (Phi) is 6.10. The molecule has 0 heterocycles. The van der Waals surface area contributed by atoms with Crippen molar-refractivity contribution in [2.45, 2.75) is 64.5 Å². The Hall–Kier alpha value is -0.640. The number of hydrogen-bond donors (Lipinski definition) is 0. The van der Waals surface area contributed by atoms with Crippen molar-refractivity contribution in [2.75, 3.05) is 0 Å². The average Bonchev–Trinajstić information content (AvgIpc) is 2.16. The van der Waals surface area contributed by atoms with E-state index in [0.717, 1.165) is 19.3 Å². The van der Waals surface area contributed by atoms with E-state index in [1.807, 2.05) is 0 Å². The van der Waals surface area contributed by atoms with E-state index in [4.69, 9.17) is 0 Å². The van der Waals surface area contributed by atoms with Crippen LogP contribution in [-0.4, -0.2) is 18.9 Å². The predicted octanol–water partition coefficient (Wildman–Crippen LogP) is 3.25. The van der Waals surface area contributed by atoms with E-state index >= 15 is 0 Å². The number of carbonyl (C=O) groups excluding carboxylic acids is 1. The van der Waals surface area contributed by atoms with E-state index in [2.05, 4.69) is 13.5 Å². The van der Waals surface area contributed by atoms with E-state index in [1.54, 1.807) is 20.8 Å². The lowest BCUT2D eigenvalue weighted by molar-refractivity contribution is -0.118. The van der Waals surface area contributed by atoms with Crippen LogP contribution in [0.1, 0.15) is 59.8 Å². The molecule has 0 amide bonds. The minimum absolute atomic E-state index is 0.0312. The number of hydrogen-bond acceptors (Lipinski definition) is 3. The summed E-state index contributed by atoms with van der Waals surface area (Å²) < 4.78 is 23.1. The van der Waals surface area contributed by atoms with E-state index in [9.17, 15) is 13.2 Å². The first-order valence-corrected chi connectivity index (χ1v) is 7.55. The maximum atomic E-state index is 12.0. The molecule has 0 aliphatic carbocycles. The van der Waals surface area contributed by atoms with Crippen molar-refractivity contribution in [3.8, 4) is 0 Å². The highest BCUT2D eigenvalue weighted by Gasteiger charge is 2.32. The summed E-state index contributed by atoms with van der Waals surface area (Å²) in [4.78, 5) is 11.6. The van der Waals surface area contributed by atoms with Gasteiger partial charge in [0.1, 0.15) is 5.78 Å². The van der Waals surface area contributed by atoms with Crippen molar-refractivity contribution in [3.05, 3.63) is 11.5 Å². The van der Waals surface area contributed by atoms with E-state index in [0.29, 0.717) is 6.42 Å². The molecule has 0 radical (unpaired) electrons. The summed E-state index contributed by atoms with van der Waals surface area (Å²) in [6, 6.07) is 0. The third kappa shape index (κ3) is 5.02. The smallest absolute Gasteiger partial charge is 0.179 e. The molecule has 0 fully saturated rings. The molecule has 100 valence electrons. The minimum atomic E-state index is -3.42. The second-order valence-corrected chi connectivity index (χ2v) is 8.14. The number of allylic oxidation sites excluding steroid dienone is 1. The fourth-order valence-electron chi connectivity index (χ4n) is 1.41. The number of unbranched alkanes of at least 4 members (excludes halogenated alkanes) is 2. The fourth-order valence-corrected chi connectivity index (χ4v) is 2.63. The van der Waals surface area contributed by atoms with Gasteiger partial charge >= 0.3 is 0 Å². The van der Waals surface area contributed by atoms with Crippen molar-refractivity contribution in [1.29, 1.82) is 0 Å². The third-order valence-electron chi connectivity index (χ3n) is 2.64. The lowest BCUT2D eigenvalue weighted by Crippen LogP contribution is -2.29. The molecule has 4 heteroatoms. The summed E-state index contributed by atoms with van der Waals surface area (Å²) in [5.74, 6) is -0.0312. The zero-order valence-electron chi connectivity index (χ0n) is 11.4. The molecule has 0 saturated heterocycles. The van der Waals surface area contributed by atoms with Crippen LogP contribution >= 0.6 is 0 Å². The SMILES string of the molecule is C=C(CC(=O)CCCCC)S(=O)(=O)C(C)(C)C. The van der Waals surface area contributed by atoms with Crippen LogP contribution in [0.25, 0.3) is 0 Å². The lowest BCUT2D eigenvalue weighted by Gasteiger charge is -2.20. The summed E-state index contributed by atoms with van der Waals surface area (Å²) >= 11 is 0. The summed E-state index contributed by atoms with van der Waals surface area (Å²) in [5.41, 5.74) is 0. The van der Waals surface area contributed by atoms with Crippen molar-refractivity contribution in [1.82, 2.24) is 0 Å². The Labute approximate surface area is 105 Å². The van der Waals surface area contributed by atoms with Crippen LogP contribution in [0.2, 0.25) is 0 Å². The first kappa shape index (κ1) is 16.4. The van der Waals surface area contributed by atoms with Crippen molar-refractivity contribution in [2.24, 2.45) is 0 Å². The van der Waals surface area contributed by atoms with Gasteiger partial charge in [-0.3, -0.25) is 4.79 Å². The number of rotatable bonds is 7. The Balaban J connectivity index is 4.42. The number of ketones is 1. The Morgan fingerprint density at radius 3 is 2.12 bits per heavy atom. The molecule has 0 unspecified atom stereocenters. The molecule has 0 aromatic carbocycles. The lowest BCUT2D eigenvalue weighted by atomic mass is 10.1. The van der Waals surface area contributed by atoms with Crippen molar-refractivity contribution >= 4 is 15.6 Å². The van der Waals surface area contributed by atoms with Gasteiger partial charge in [0, 0.05) is 17.7 Å². The van der Waals surface area contributed by atoms with Crippen LogP contribution in [0, 0.1) is 0 Å². The zero-order chi connectivity index (χ0) is 13.7. The van der Waals surface area contributed by atoms with E-state index < -0.39 is 14.6 Å². The van der Waals surface area contributed by atoms with Crippen LogP contribution < -0.4 is 0 Å². The largest absolute Gasteiger partial charge is 0.299 e. The van der Waals surface area contributed by atoms with Gasteiger partial charge in [0.15, 0.2) is 9.84 Å². The van der Waals surface area contributed by atoms with Crippen LogP contribution in [0.5, 0.6) is 0 Å². The molecule has 0 N–H and O–H groups in total. The first-order chi connectivity index (χ1) is 7.63. The molecule has 0 aliphatic rings. The van der Waals surface area contributed by atoms with Crippen LogP contribution in [-0.2, 0) is 14.6 Å². The maximum absolute atomic E-state index is 12.0. The normalized spacial score (nSPS) is 12.5. The Morgan fingerprint density at radius 1 is 1.18 bits per heavy atom. The highest BCUT2D eigenvalue weighted by atomic mass is 32.2. The molecule has 0 spiro atoms. The average molecular weight is 260 g/mol. The minimum Gasteiger partial charge on any atom is -0.299 e. The zero-order valence-corrected chi connectivity index (χ0v) is 12.2.